The van der Waals surface area contributed by atoms with Gasteiger partial charge in [-0.15, -0.1) is 0 Å². The highest BCUT2D eigenvalue weighted by Gasteiger charge is 2.27. The van der Waals surface area contributed by atoms with Crippen molar-refractivity contribution in [1.82, 2.24) is 9.97 Å². The lowest BCUT2D eigenvalue weighted by molar-refractivity contribution is 0.527. The number of aryl methyl sites for hydroxylation is 1. The van der Waals surface area contributed by atoms with Gasteiger partial charge in [-0.05, 0) is 32.3 Å². The van der Waals surface area contributed by atoms with Crippen LogP contribution in [-0.2, 0) is 0 Å². The number of furan rings is 1. The smallest absolute Gasteiger partial charge is 0.135 e. The Balaban J connectivity index is 1.84. The molecule has 0 radical (unpaired) electrons. The zero-order valence-electron chi connectivity index (χ0n) is 11.8. The lowest BCUT2D eigenvalue weighted by atomic mass is 10.4. The Morgan fingerprint density at radius 3 is 2.90 bits per heavy atom. The summed E-state index contributed by atoms with van der Waals surface area (Å²) in [4.78, 5) is 10.4. The highest BCUT2D eigenvalue weighted by molar-refractivity contribution is 7.99. The summed E-state index contributed by atoms with van der Waals surface area (Å²) in [6.07, 6.45) is 5.24. The number of aromatic nitrogens is 2. The number of hydrogen-bond acceptors (Lipinski definition) is 5. The molecule has 4 nitrogen and oxygen atoms in total. The monoisotopic (exact) mass is 289 g/mol. The molecule has 1 fully saturated rings. The van der Waals surface area contributed by atoms with Gasteiger partial charge in [0, 0.05) is 18.5 Å². The SMILES string of the molecule is CCCNc1cc(Sc2ccoc2C)nc(C2CC2)n1. The maximum absolute atomic E-state index is 5.34. The zero-order valence-corrected chi connectivity index (χ0v) is 12.7. The van der Waals surface area contributed by atoms with E-state index in [2.05, 4.69) is 22.2 Å². The molecule has 2 aromatic rings. The Kier molecular flexibility index (Phi) is 3.96. The topological polar surface area (TPSA) is 51.0 Å². The van der Waals surface area contributed by atoms with Crippen LogP contribution in [-0.4, -0.2) is 16.5 Å². The van der Waals surface area contributed by atoms with Crippen molar-refractivity contribution in [2.75, 3.05) is 11.9 Å². The maximum Gasteiger partial charge on any atom is 0.135 e. The van der Waals surface area contributed by atoms with E-state index >= 15 is 0 Å². The number of nitrogens with zero attached hydrogens (tertiary/aromatic N) is 2. The van der Waals surface area contributed by atoms with Gasteiger partial charge in [0.15, 0.2) is 0 Å². The van der Waals surface area contributed by atoms with Crippen LogP contribution >= 0.6 is 11.8 Å². The van der Waals surface area contributed by atoms with E-state index in [1.165, 1.54) is 12.8 Å². The average molecular weight is 289 g/mol. The third kappa shape index (κ3) is 3.15. The molecule has 0 aliphatic heterocycles. The van der Waals surface area contributed by atoms with Crippen LogP contribution in [0.1, 0.15) is 43.7 Å². The molecule has 1 aliphatic carbocycles. The van der Waals surface area contributed by atoms with Crippen molar-refractivity contribution >= 4 is 17.6 Å². The van der Waals surface area contributed by atoms with E-state index in [0.29, 0.717) is 5.92 Å². The molecular formula is C15H19N3OS. The van der Waals surface area contributed by atoms with Gasteiger partial charge >= 0.3 is 0 Å². The van der Waals surface area contributed by atoms with Crippen molar-refractivity contribution in [3.8, 4) is 0 Å². The van der Waals surface area contributed by atoms with Gasteiger partial charge in [-0.25, -0.2) is 9.97 Å². The van der Waals surface area contributed by atoms with Gasteiger partial charge in [0.05, 0.1) is 11.2 Å². The van der Waals surface area contributed by atoms with Gasteiger partial charge in [0.1, 0.15) is 22.4 Å². The minimum atomic E-state index is 0.558. The number of nitrogens with one attached hydrogen (secondary N) is 1. The third-order valence-corrected chi connectivity index (χ3v) is 4.31. The van der Waals surface area contributed by atoms with Crippen LogP contribution in [0.3, 0.4) is 0 Å². The quantitative estimate of drug-likeness (QED) is 0.806. The zero-order chi connectivity index (χ0) is 13.9. The van der Waals surface area contributed by atoms with E-state index in [-0.39, 0.29) is 0 Å². The Morgan fingerprint density at radius 1 is 1.40 bits per heavy atom. The first-order chi connectivity index (χ1) is 9.76. The van der Waals surface area contributed by atoms with Gasteiger partial charge in [-0.2, -0.15) is 0 Å². The van der Waals surface area contributed by atoms with Gasteiger partial charge < -0.3 is 9.73 Å². The van der Waals surface area contributed by atoms with Gasteiger partial charge in [0.2, 0.25) is 0 Å². The van der Waals surface area contributed by atoms with E-state index in [1.807, 2.05) is 19.1 Å². The highest BCUT2D eigenvalue weighted by Crippen LogP contribution is 2.40. The number of rotatable bonds is 6. The van der Waals surface area contributed by atoms with E-state index in [0.717, 1.165) is 40.3 Å². The van der Waals surface area contributed by atoms with E-state index in [1.54, 1.807) is 18.0 Å². The molecule has 1 aliphatic rings. The Bertz CT molecular complexity index is 593. The summed E-state index contributed by atoms with van der Waals surface area (Å²) in [6, 6.07) is 4.01. The van der Waals surface area contributed by atoms with Crippen molar-refractivity contribution in [3.63, 3.8) is 0 Å². The summed E-state index contributed by atoms with van der Waals surface area (Å²) in [7, 11) is 0. The Labute approximate surface area is 123 Å². The second kappa shape index (κ2) is 5.87. The molecule has 0 saturated heterocycles. The average Bonchev–Trinajstić information content (AvgIpc) is 3.22. The molecule has 0 aromatic carbocycles. The first kappa shape index (κ1) is 13.5. The van der Waals surface area contributed by atoms with Crippen LogP contribution in [0.5, 0.6) is 0 Å². The molecule has 20 heavy (non-hydrogen) atoms. The summed E-state index contributed by atoms with van der Waals surface area (Å²) in [5, 5.41) is 4.35. The fourth-order valence-corrected chi connectivity index (χ4v) is 2.81. The van der Waals surface area contributed by atoms with Gasteiger partial charge in [-0.1, -0.05) is 18.7 Å². The maximum atomic E-state index is 5.34. The minimum absolute atomic E-state index is 0.558. The Morgan fingerprint density at radius 2 is 2.25 bits per heavy atom. The van der Waals surface area contributed by atoms with Crippen molar-refractivity contribution in [2.24, 2.45) is 0 Å². The van der Waals surface area contributed by atoms with Crippen LogP contribution in [0.2, 0.25) is 0 Å². The predicted octanol–water partition coefficient (Wildman–Crippen LogP) is 4.23. The highest BCUT2D eigenvalue weighted by atomic mass is 32.2. The minimum Gasteiger partial charge on any atom is -0.468 e. The fraction of sp³-hybridized carbons (Fsp3) is 0.467. The molecule has 106 valence electrons. The van der Waals surface area contributed by atoms with Crippen molar-refractivity contribution in [1.29, 1.82) is 0 Å². The molecular weight excluding hydrogens is 270 g/mol. The van der Waals surface area contributed by atoms with Crippen molar-refractivity contribution in [2.45, 2.75) is 48.9 Å². The fourth-order valence-electron chi connectivity index (χ4n) is 1.95. The number of hydrogen-bond donors (Lipinski definition) is 1. The summed E-state index contributed by atoms with van der Waals surface area (Å²) >= 11 is 1.64. The van der Waals surface area contributed by atoms with Crippen LogP contribution < -0.4 is 5.32 Å². The molecule has 3 rings (SSSR count). The largest absolute Gasteiger partial charge is 0.468 e. The van der Waals surface area contributed by atoms with Gasteiger partial charge in [-0.3, -0.25) is 0 Å². The first-order valence-corrected chi connectivity index (χ1v) is 7.92. The summed E-state index contributed by atoms with van der Waals surface area (Å²) < 4.78 is 5.34. The molecule has 2 heterocycles. The lowest BCUT2D eigenvalue weighted by Gasteiger charge is -2.08. The van der Waals surface area contributed by atoms with E-state index in [4.69, 9.17) is 4.42 Å². The molecule has 1 saturated carbocycles. The molecule has 1 N–H and O–H groups in total. The molecule has 0 atom stereocenters. The molecule has 0 spiro atoms. The van der Waals surface area contributed by atoms with Gasteiger partial charge in [0.25, 0.3) is 0 Å². The summed E-state index contributed by atoms with van der Waals surface area (Å²) in [5.41, 5.74) is 0. The summed E-state index contributed by atoms with van der Waals surface area (Å²) in [6.45, 7) is 5.07. The van der Waals surface area contributed by atoms with Crippen LogP contribution in [0.4, 0.5) is 5.82 Å². The molecule has 0 bridgehead atoms. The normalized spacial score (nSPS) is 14.5. The number of anilines is 1. The molecule has 0 amide bonds. The van der Waals surface area contributed by atoms with Crippen LogP contribution in [0.15, 0.2) is 32.7 Å². The molecule has 0 unspecified atom stereocenters. The van der Waals surface area contributed by atoms with E-state index in [9.17, 15) is 0 Å². The lowest BCUT2D eigenvalue weighted by Crippen LogP contribution is -2.05. The standard InChI is InChI=1S/C15H19N3OS/c1-3-7-16-13-9-14(18-15(17-13)11-4-5-11)20-12-6-8-19-10(12)2/h6,8-9,11H,3-5,7H2,1-2H3,(H,16,17,18). The van der Waals surface area contributed by atoms with Crippen molar-refractivity contribution in [3.05, 3.63) is 30.0 Å². The van der Waals surface area contributed by atoms with E-state index < -0.39 is 0 Å². The molecule has 2 aromatic heterocycles. The molecule has 5 heteroatoms. The summed E-state index contributed by atoms with van der Waals surface area (Å²) in [5.74, 6) is 3.41. The van der Waals surface area contributed by atoms with Crippen LogP contribution in [0, 0.1) is 6.92 Å². The second-order valence-electron chi connectivity index (χ2n) is 5.09. The second-order valence-corrected chi connectivity index (χ2v) is 6.16. The first-order valence-electron chi connectivity index (χ1n) is 7.11. The third-order valence-electron chi connectivity index (χ3n) is 3.24. The Hall–Kier alpha value is -1.49. The van der Waals surface area contributed by atoms with Crippen LogP contribution in [0.25, 0.3) is 0 Å². The van der Waals surface area contributed by atoms with Crippen molar-refractivity contribution < 1.29 is 4.42 Å². The predicted molar refractivity (Wildman–Crippen MR) is 80.4 cm³/mol.